The molecule has 2 atom stereocenters. The summed E-state index contributed by atoms with van der Waals surface area (Å²) in [5.74, 6) is -1.65. The summed E-state index contributed by atoms with van der Waals surface area (Å²) >= 11 is 0. The first kappa shape index (κ1) is 19.8. The number of carbonyl (C=O) groups is 2. The predicted molar refractivity (Wildman–Crippen MR) is 97.6 cm³/mol. The van der Waals surface area contributed by atoms with Crippen molar-refractivity contribution in [3.05, 3.63) is 35.9 Å². The summed E-state index contributed by atoms with van der Waals surface area (Å²) in [5.41, 5.74) is 1.14. The van der Waals surface area contributed by atoms with E-state index >= 15 is 0 Å². The summed E-state index contributed by atoms with van der Waals surface area (Å²) in [6.07, 6.45) is -0.726. The lowest BCUT2D eigenvalue weighted by molar-refractivity contribution is -0.160. The lowest BCUT2D eigenvalue weighted by Crippen LogP contribution is -2.60. The number of ether oxygens (including phenoxy) is 2. The molecule has 2 saturated heterocycles. The molecule has 27 heavy (non-hydrogen) atoms. The highest BCUT2D eigenvalue weighted by molar-refractivity contribution is 7.91. The average molecular weight is 396 g/mol. The van der Waals surface area contributed by atoms with E-state index in [1.54, 1.807) is 0 Å². The second-order valence-electron chi connectivity index (χ2n) is 6.77. The van der Waals surface area contributed by atoms with E-state index in [4.69, 9.17) is 9.47 Å². The van der Waals surface area contributed by atoms with Gasteiger partial charge in [0.25, 0.3) is 5.91 Å². The van der Waals surface area contributed by atoms with Crippen LogP contribution in [0, 0.1) is 0 Å². The quantitative estimate of drug-likeness (QED) is 0.644. The van der Waals surface area contributed by atoms with E-state index in [2.05, 4.69) is 4.90 Å². The van der Waals surface area contributed by atoms with Crippen molar-refractivity contribution >= 4 is 21.7 Å². The minimum absolute atomic E-state index is 0.0283. The van der Waals surface area contributed by atoms with E-state index < -0.39 is 33.7 Å². The fraction of sp³-hybridized carbons (Fsp3) is 0.556. The number of sulfone groups is 1. The number of amides is 1. The molecule has 0 aliphatic carbocycles. The maximum Gasteiger partial charge on any atom is 0.329 e. The van der Waals surface area contributed by atoms with Gasteiger partial charge < -0.3 is 14.4 Å². The molecule has 0 unspecified atom stereocenters. The average Bonchev–Trinajstić information content (AvgIpc) is 2.67. The van der Waals surface area contributed by atoms with Crippen LogP contribution >= 0.6 is 0 Å². The second kappa shape index (κ2) is 8.37. The Kier molecular flexibility index (Phi) is 6.13. The van der Waals surface area contributed by atoms with Crippen molar-refractivity contribution in [1.82, 2.24) is 9.80 Å². The van der Waals surface area contributed by atoms with Crippen molar-refractivity contribution < 1.29 is 27.5 Å². The Hall–Kier alpha value is -1.97. The van der Waals surface area contributed by atoms with Crippen LogP contribution in [0.3, 0.4) is 0 Å². The van der Waals surface area contributed by atoms with Crippen molar-refractivity contribution in [2.24, 2.45) is 0 Å². The highest BCUT2D eigenvalue weighted by atomic mass is 32.2. The first-order valence-corrected chi connectivity index (χ1v) is 10.7. The van der Waals surface area contributed by atoms with Gasteiger partial charge in [0.2, 0.25) is 0 Å². The Morgan fingerprint density at radius 3 is 2.67 bits per heavy atom. The van der Waals surface area contributed by atoms with Crippen LogP contribution in [0.4, 0.5) is 0 Å². The summed E-state index contributed by atoms with van der Waals surface area (Å²) in [6, 6.07) is 8.81. The van der Waals surface area contributed by atoms with Crippen LogP contribution in [0.5, 0.6) is 0 Å². The molecule has 0 aromatic heterocycles. The minimum Gasteiger partial charge on any atom is -0.467 e. The molecule has 1 aromatic carbocycles. The molecule has 9 heteroatoms. The molecule has 0 saturated carbocycles. The summed E-state index contributed by atoms with van der Waals surface area (Å²) in [5, 5.41) is 0. The highest BCUT2D eigenvalue weighted by Crippen LogP contribution is 2.18. The monoisotopic (exact) mass is 396 g/mol. The Labute approximate surface area is 158 Å². The zero-order valence-corrected chi connectivity index (χ0v) is 16.1. The standard InChI is InChI=1S/C18H24N2O6S/c1-25-18(22)15-13-27(23,24)10-8-20(15)17(21)16-12-19(7-9-26-16)11-14-5-3-2-4-6-14/h2-6,15-16H,7-13H2,1H3/t15-,16-/m0/s1. The Bertz CT molecular complexity index is 782. The Morgan fingerprint density at radius 2 is 1.96 bits per heavy atom. The number of hydrogen-bond acceptors (Lipinski definition) is 7. The molecule has 1 amide bonds. The fourth-order valence-corrected chi connectivity index (χ4v) is 4.86. The summed E-state index contributed by atoms with van der Waals surface area (Å²) < 4.78 is 34.1. The largest absolute Gasteiger partial charge is 0.467 e. The molecule has 0 radical (unpaired) electrons. The van der Waals surface area contributed by atoms with Gasteiger partial charge in [-0.05, 0) is 5.56 Å². The lowest BCUT2D eigenvalue weighted by Gasteiger charge is -2.38. The summed E-state index contributed by atoms with van der Waals surface area (Å²) in [6.45, 7) is 2.17. The van der Waals surface area contributed by atoms with Gasteiger partial charge in [0, 0.05) is 26.2 Å². The third kappa shape index (κ3) is 4.85. The van der Waals surface area contributed by atoms with E-state index in [9.17, 15) is 18.0 Å². The molecule has 3 rings (SSSR count). The molecule has 0 bridgehead atoms. The first-order chi connectivity index (χ1) is 12.9. The summed E-state index contributed by atoms with van der Waals surface area (Å²) in [7, 11) is -2.20. The third-order valence-corrected chi connectivity index (χ3v) is 6.49. The van der Waals surface area contributed by atoms with Crippen molar-refractivity contribution in [1.29, 1.82) is 0 Å². The van der Waals surface area contributed by atoms with E-state index in [0.717, 1.165) is 5.56 Å². The van der Waals surface area contributed by atoms with E-state index in [-0.39, 0.29) is 18.2 Å². The zero-order chi connectivity index (χ0) is 19.4. The van der Waals surface area contributed by atoms with Gasteiger partial charge in [-0.2, -0.15) is 0 Å². The second-order valence-corrected chi connectivity index (χ2v) is 8.99. The van der Waals surface area contributed by atoms with E-state index in [1.165, 1.54) is 12.0 Å². The number of nitrogens with zero attached hydrogens (tertiary/aromatic N) is 2. The van der Waals surface area contributed by atoms with Crippen LogP contribution in [0.25, 0.3) is 0 Å². The third-order valence-electron chi connectivity index (χ3n) is 4.86. The van der Waals surface area contributed by atoms with E-state index in [1.807, 2.05) is 30.3 Å². The van der Waals surface area contributed by atoms with Crippen LogP contribution < -0.4 is 0 Å². The highest BCUT2D eigenvalue weighted by Gasteiger charge is 2.42. The SMILES string of the molecule is COC(=O)[C@@H]1CS(=O)(=O)CCN1C(=O)[C@@H]1CN(Cc2ccccc2)CCO1. The predicted octanol–water partition coefficient (Wildman–Crippen LogP) is -0.314. The number of morpholine rings is 1. The van der Waals surface area contributed by atoms with Crippen molar-refractivity contribution in [3.8, 4) is 0 Å². The first-order valence-electron chi connectivity index (χ1n) is 8.86. The lowest BCUT2D eigenvalue weighted by atomic mass is 10.1. The molecule has 2 heterocycles. The van der Waals surface area contributed by atoms with Crippen molar-refractivity contribution in [3.63, 3.8) is 0 Å². The number of esters is 1. The molecule has 1 aromatic rings. The van der Waals surface area contributed by atoms with Crippen LogP contribution in [0.2, 0.25) is 0 Å². The van der Waals surface area contributed by atoms with Gasteiger partial charge in [0.05, 0.1) is 25.2 Å². The smallest absolute Gasteiger partial charge is 0.329 e. The molecule has 2 aliphatic rings. The Balaban J connectivity index is 1.69. The maximum atomic E-state index is 13.0. The van der Waals surface area contributed by atoms with Crippen molar-refractivity contribution in [2.45, 2.75) is 18.7 Å². The molecule has 148 valence electrons. The number of hydrogen-bond donors (Lipinski definition) is 0. The molecular formula is C18H24N2O6S. The van der Waals surface area contributed by atoms with Crippen LogP contribution in [0.15, 0.2) is 30.3 Å². The van der Waals surface area contributed by atoms with Crippen LogP contribution in [-0.4, -0.2) is 87.1 Å². The fourth-order valence-electron chi connectivity index (χ4n) is 3.42. The van der Waals surface area contributed by atoms with Gasteiger partial charge in [-0.1, -0.05) is 30.3 Å². The summed E-state index contributed by atoms with van der Waals surface area (Å²) in [4.78, 5) is 28.4. The van der Waals surface area contributed by atoms with Crippen LogP contribution in [0.1, 0.15) is 5.56 Å². The molecule has 0 spiro atoms. The molecular weight excluding hydrogens is 372 g/mol. The zero-order valence-electron chi connectivity index (χ0n) is 15.2. The van der Waals surface area contributed by atoms with Gasteiger partial charge in [0.1, 0.15) is 12.1 Å². The van der Waals surface area contributed by atoms with Gasteiger partial charge in [-0.25, -0.2) is 13.2 Å². The number of rotatable bonds is 4. The number of benzene rings is 1. The number of methoxy groups -OCH3 is 1. The van der Waals surface area contributed by atoms with Gasteiger partial charge >= 0.3 is 5.97 Å². The molecule has 0 N–H and O–H groups in total. The van der Waals surface area contributed by atoms with Crippen molar-refractivity contribution in [2.75, 3.05) is 44.9 Å². The van der Waals surface area contributed by atoms with Gasteiger partial charge in [-0.15, -0.1) is 0 Å². The number of carbonyl (C=O) groups excluding carboxylic acids is 2. The molecule has 2 fully saturated rings. The molecule has 2 aliphatic heterocycles. The topological polar surface area (TPSA) is 93.2 Å². The minimum atomic E-state index is -3.38. The van der Waals surface area contributed by atoms with Gasteiger partial charge in [0.15, 0.2) is 9.84 Å². The normalized spacial score (nSPS) is 25.7. The van der Waals surface area contributed by atoms with Crippen LogP contribution in [-0.2, 0) is 35.4 Å². The van der Waals surface area contributed by atoms with E-state index in [0.29, 0.717) is 26.2 Å². The van der Waals surface area contributed by atoms with Gasteiger partial charge in [-0.3, -0.25) is 9.69 Å². The Morgan fingerprint density at radius 1 is 1.22 bits per heavy atom. The maximum absolute atomic E-state index is 13.0. The molecule has 8 nitrogen and oxygen atoms in total.